The van der Waals surface area contributed by atoms with E-state index in [-0.39, 0.29) is 30.3 Å². The lowest BCUT2D eigenvalue weighted by atomic mass is 10.1. The molecule has 0 saturated heterocycles. The molecule has 10 nitrogen and oxygen atoms in total. The number of aliphatic hydroxyl groups excluding tert-OH is 1. The largest absolute Gasteiger partial charge is 0.491 e. The molecule has 4 rings (SSSR count). The van der Waals surface area contributed by atoms with E-state index in [9.17, 15) is 14.7 Å². The monoisotopic (exact) mass is 462 g/mol. The standard InChI is InChI=1S/C24H26N6O4/c1-15-9-7-8-12-19(15)34-14-18(31)13-30-20-21(29(3)24(33)26-22(20)32)25-23(30)28-27-16(2)17-10-5-4-6-11-17/h4-12,18,31H,13-14H2,1-3H3,(H,25,28)(H,26,32,33)/b27-16-. The molecule has 0 spiro atoms. The lowest BCUT2D eigenvalue weighted by Gasteiger charge is -2.16. The number of benzene rings is 2. The summed E-state index contributed by atoms with van der Waals surface area (Å²) in [5.74, 6) is 0.880. The maximum atomic E-state index is 12.6. The SMILES string of the molecule is C/C(=N/Nc1nc2c(c(=O)[nH]c(=O)n2C)n1CC(O)COc1ccccc1C)c1ccccc1. The van der Waals surface area contributed by atoms with Crippen molar-refractivity contribution < 1.29 is 9.84 Å². The number of imidazole rings is 1. The first-order valence-corrected chi connectivity index (χ1v) is 10.8. The molecule has 0 aliphatic heterocycles. The predicted molar refractivity (Wildman–Crippen MR) is 131 cm³/mol. The smallest absolute Gasteiger partial charge is 0.329 e. The Morgan fingerprint density at radius 1 is 1.18 bits per heavy atom. The Labute approximate surface area is 195 Å². The topological polar surface area (TPSA) is 127 Å². The van der Waals surface area contributed by atoms with Gasteiger partial charge in [-0.1, -0.05) is 48.5 Å². The van der Waals surface area contributed by atoms with Crippen LogP contribution in [0, 0.1) is 6.92 Å². The number of hydrazone groups is 1. The molecule has 0 radical (unpaired) electrons. The highest BCUT2D eigenvalue weighted by atomic mass is 16.5. The molecule has 0 fully saturated rings. The van der Waals surface area contributed by atoms with Gasteiger partial charge in [-0.2, -0.15) is 10.1 Å². The summed E-state index contributed by atoms with van der Waals surface area (Å²) in [5.41, 5.74) is 4.58. The molecule has 10 heteroatoms. The zero-order valence-corrected chi connectivity index (χ0v) is 19.1. The van der Waals surface area contributed by atoms with Crippen molar-refractivity contribution in [1.82, 2.24) is 19.1 Å². The van der Waals surface area contributed by atoms with Crippen molar-refractivity contribution in [2.75, 3.05) is 12.0 Å². The number of fused-ring (bicyclic) bond motifs is 1. The number of hydrogen-bond acceptors (Lipinski definition) is 7. The molecule has 2 heterocycles. The van der Waals surface area contributed by atoms with E-state index in [1.165, 1.54) is 16.2 Å². The van der Waals surface area contributed by atoms with Gasteiger partial charge in [0.2, 0.25) is 5.95 Å². The van der Waals surface area contributed by atoms with E-state index in [1.807, 2.05) is 68.4 Å². The fourth-order valence-corrected chi connectivity index (χ4v) is 3.54. The number of nitrogens with one attached hydrogen (secondary N) is 2. The number of para-hydroxylation sites is 1. The Morgan fingerprint density at radius 3 is 2.62 bits per heavy atom. The highest BCUT2D eigenvalue weighted by Crippen LogP contribution is 2.19. The lowest BCUT2D eigenvalue weighted by molar-refractivity contribution is 0.0935. The second kappa shape index (κ2) is 9.75. The van der Waals surface area contributed by atoms with Gasteiger partial charge in [0.25, 0.3) is 5.56 Å². The summed E-state index contributed by atoms with van der Waals surface area (Å²) in [6, 6.07) is 17.1. The van der Waals surface area contributed by atoms with Gasteiger partial charge in [-0.15, -0.1) is 0 Å². The molecule has 0 saturated carbocycles. The minimum Gasteiger partial charge on any atom is -0.491 e. The third-order valence-electron chi connectivity index (χ3n) is 5.44. The first-order chi connectivity index (χ1) is 16.3. The molecular formula is C24H26N6O4. The number of nitrogens with zero attached hydrogens (tertiary/aromatic N) is 4. The van der Waals surface area contributed by atoms with Gasteiger partial charge in [0.05, 0.1) is 12.3 Å². The Kier molecular flexibility index (Phi) is 6.60. The van der Waals surface area contributed by atoms with Crippen LogP contribution in [0.15, 0.2) is 69.3 Å². The maximum Gasteiger partial charge on any atom is 0.329 e. The number of hydrogen-bond donors (Lipinski definition) is 3. The summed E-state index contributed by atoms with van der Waals surface area (Å²) < 4.78 is 8.50. The van der Waals surface area contributed by atoms with E-state index < -0.39 is 17.4 Å². The van der Waals surface area contributed by atoms with Crippen LogP contribution in [0.4, 0.5) is 5.95 Å². The summed E-state index contributed by atoms with van der Waals surface area (Å²) in [6.45, 7) is 3.74. The number of H-pyrrole nitrogens is 1. The van der Waals surface area contributed by atoms with Gasteiger partial charge in [-0.05, 0) is 31.0 Å². The molecule has 34 heavy (non-hydrogen) atoms. The van der Waals surface area contributed by atoms with E-state index in [1.54, 1.807) is 0 Å². The Morgan fingerprint density at radius 2 is 1.88 bits per heavy atom. The molecule has 4 aromatic rings. The third-order valence-corrected chi connectivity index (χ3v) is 5.44. The first-order valence-electron chi connectivity index (χ1n) is 10.8. The van der Waals surface area contributed by atoms with E-state index >= 15 is 0 Å². The summed E-state index contributed by atoms with van der Waals surface area (Å²) in [6.07, 6.45) is -0.964. The molecule has 0 amide bonds. The fourth-order valence-electron chi connectivity index (χ4n) is 3.54. The van der Waals surface area contributed by atoms with Crippen LogP contribution in [-0.4, -0.2) is 42.6 Å². The number of aromatic nitrogens is 4. The first kappa shape index (κ1) is 23.0. The van der Waals surface area contributed by atoms with E-state index in [2.05, 4.69) is 20.5 Å². The van der Waals surface area contributed by atoms with Crippen molar-refractivity contribution in [3.63, 3.8) is 0 Å². The number of anilines is 1. The maximum absolute atomic E-state index is 12.6. The van der Waals surface area contributed by atoms with Crippen molar-refractivity contribution in [2.45, 2.75) is 26.5 Å². The molecule has 2 aromatic heterocycles. The molecular weight excluding hydrogens is 436 g/mol. The van der Waals surface area contributed by atoms with E-state index in [0.29, 0.717) is 11.5 Å². The van der Waals surface area contributed by atoms with E-state index in [0.717, 1.165) is 11.1 Å². The molecule has 1 unspecified atom stereocenters. The van der Waals surface area contributed by atoms with Crippen molar-refractivity contribution in [1.29, 1.82) is 0 Å². The van der Waals surface area contributed by atoms with Crippen LogP contribution in [-0.2, 0) is 13.6 Å². The lowest BCUT2D eigenvalue weighted by Crippen LogP contribution is -2.30. The third kappa shape index (κ3) is 4.76. The molecule has 0 aliphatic rings. The molecule has 0 bridgehead atoms. The minimum atomic E-state index is -0.964. The highest BCUT2D eigenvalue weighted by Gasteiger charge is 2.20. The average molecular weight is 463 g/mol. The number of aliphatic hydroxyl groups is 1. The minimum absolute atomic E-state index is 0.0000530. The Balaban J connectivity index is 1.66. The average Bonchev–Trinajstić information content (AvgIpc) is 3.19. The molecule has 2 aromatic carbocycles. The predicted octanol–water partition coefficient (Wildman–Crippen LogP) is 2.01. The highest BCUT2D eigenvalue weighted by molar-refractivity contribution is 5.99. The normalized spacial score (nSPS) is 12.6. The Bertz CT molecular complexity index is 1450. The van der Waals surface area contributed by atoms with E-state index in [4.69, 9.17) is 4.74 Å². The number of aryl methyl sites for hydroxylation is 2. The zero-order chi connectivity index (χ0) is 24.2. The second-order valence-electron chi connectivity index (χ2n) is 7.94. The van der Waals surface area contributed by atoms with Gasteiger partial charge in [0.15, 0.2) is 11.2 Å². The molecule has 176 valence electrons. The van der Waals surface area contributed by atoms with Crippen LogP contribution in [0.1, 0.15) is 18.1 Å². The number of aromatic amines is 1. The summed E-state index contributed by atoms with van der Waals surface area (Å²) >= 11 is 0. The zero-order valence-electron chi connectivity index (χ0n) is 19.1. The van der Waals surface area contributed by atoms with Crippen LogP contribution in [0.3, 0.4) is 0 Å². The van der Waals surface area contributed by atoms with Gasteiger partial charge in [-0.25, -0.2) is 10.2 Å². The van der Waals surface area contributed by atoms with Crippen molar-refractivity contribution in [3.05, 3.63) is 86.6 Å². The molecule has 3 N–H and O–H groups in total. The van der Waals surface area contributed by atoms with Crippen LogP contribution in [0.25, 0.3) is 11.2 Å². The molecule has 1 atom stereocenters. The Hall–Kier alpha value is -4.18. The van der Waals surface area contributed by atoms with Gasteiger partial charge in [0.1, 0.15) is 18.5 Å². The van der Waals surface area contributed by atoms with Crippen LogP contribution in [0.5, 0.6) is 5.75 Å². The summed E-state index contributed by atoms with van der Waals surface area (Å²) in [5, 5.41) is 15.1. The van der Waals surface area contributed by atoms with Gasteiger partial charge >= 0.3 is 5.69 Å². The molecule has 0 aliphatic carbocycles. The number of ether oxygens (including phenoxy) is 1. The van der Waals surface area contributed by atoms with Crippen molar-refractivity contribution >= 4 is 22.8 Å². The van der Waals surface area contributed by atoms with Crippen LogP contribution < -0.4 is 21.4 Å². The van der Waals surface area contributed by atoms with Gasteiger partial charge in [0, 0.05) is 7.05 Å². The fraction of sp³-hybridized carbons (Fsp3) is 0.250. The van der Waals surface area contributed by atoms with Gasteiger partial charge in [-0.3, -0.25) is 14.3 Å². The summed E-state index contributed by atoms with van der Waals surface area (Å²) in [7, 11) is 1.51. The van der Waals surface area contributed by atoms with Crippen molar-refractivity contribution in [2.24, 2.45) is 12.1 Å². The summed E-state index contributed by atoms with van der Waals surface area (Å²) in [4.78, 5) is 31.4. The number of rotatable bonds is 8. The quantitative estimate of drug-likeness (QED) is 0.272. The van der Waals surface area contributed by atoms with Crippen LogP contribution >= 0.6 is 0 Å². The van der Waals surface area contributed by atoms with Crippen LogP contribution in [0.2, 0.25) is 0 Å². The van der Waals surface area contributed by atoms with Crippen molar-refractivity contribution in [3.8, 4) is 5.75 Å². The second-order valence-corrected chi connectivity index (χ2v) is 7.94. The van der Waals surface area contributed by atoms with Gasteiger partial charge < -0.3 is 14.4 Å².